The third kappa shape index (κ3) is 4.10. The molecule has 0 bridgehead atoms. The SMILES string of the molecule is O=c1[nH]cnc2c([N+](=O)[O-])cccc12.O=c1c2cccc([N+](=O)[O-])c2ncn1-c1ccccc1. The summed E-state index contributed by atoms with van der Waals surface area (Å²) in [7, 11) is 0. The minimum absolute atomic E-state index is 0.106. The van der Waals surface area contributed by atoms with Gasteiger partial charge in [0.05, 0.1) is 32.6 Å². The quantitative estimate of drug-likeness (QED) is 0.318. The Balaban J connectivity index is 0.000000172. The van der Waals surface area contributed by atoms with E-state index in [9.17, 15) is 29.8 Å². The summed E-state index contributed by atoms with van der Waals surface area (Å²) in [6.07, 6.45) is 2.46. The van der Waals surface area contributed by atoms with Crippen molar-refractivity contribution in [1.29, 1.82) is 0 Å². The fraction of sp³-hybridized carbons (Fsp3) is 0. The second-order valence-corrected chi connectivity index (χ2v) is 6.85. The molecule has 2 aromatic heterocycles. The van der Waals surface area contributed by atoms with E-state index in [2.05, 4.69) is 15.0 Å². The van der Waals surface area contributed by atoms with Gasteiger partial charge in [0.2, 0.25) is 0 Å². The van der Waals surface area contributed by atoms with Crippen LogP contribution in [0.15, 0.2) is 89.0 Å². The predicted molar refractivity (Wildman–Crippen MR) is 123 cm³/mol. The number of non-ortho nitro benzene ring substituents is 2. The average Bonchev–Trinajstić information content (AvgIpc) is 2.85. The molecular formula is C22H14N6O6. The van der Waals surface area contributed by atoms with Crippen LogP contribution in [0.25, 0.3) is 27.5 Å². The fourth-order valence-corrected chi connectivity index (χ4v) is 3.29. The third-order valence-corrected chi connectivity index (χ3v) is 4.84. The first kappa shape index (κ1) is 22.0. The lowest BCUT2D eigenvalue weighted by molar-refractivity contribution is -0.383. The highest BCUT2D eigenvalue weighted by Crippen LogP contribution is 2.21. The molecular weight excluding hydrogens is 444 g/mol. The molecule has 5 rings (SSSR count). The maximum Gasteiger partial charge on any atom is 0.295 e. The van der Waals surface area contributed by atoms with Crippen molar-refractivity contribution in [3.05, 3.63) is 120 Å². The minimum Gasteiger partial charge on any atom is -0.313 e. The van der Waals surface area contributed by atoms with Gasteiger partial charge in [-0.3, -0.25) is 34.4 Å². The first-order chi connectivity index (χ1) is 16.4. The fourth-order valence-electron chi connectivity index (χ4n) is 3.29. The van der Waals surface area contributed by atoms with E-state index in [1.165, 1.54) is 47.3 Å². The van der Waals surface area contributed by atoms with Gasteiger partial charge < -0.3 is 4.98 Å². The van der Waals surface area contributed by atoms with E-state index in [-0.39, 0.29) is 44.3 Å². The molecule has 168 valence electrons. The summed E-state index contributed by atoms with van der Waals surface area (Å²) in [6.45, 7) is 0. The molecule has 0 aliphatic carbocycles. The molecule has 1 N–H and O–H groups in total. The molecule has 5 aromatic rings. The monoisotopic (exact) mass is 458 g/mol. The van der Waals surface area contributed by atoms with Crippen molar-refractivity contribution in [2.24, 2.45) is 0 Å². The number of H-pyrrole nitrogens is 1. The Bertz CT molecular complexity index is 1660. The molecule has 12 heteroatoms. The summed E-state index contributed by atoms with van der Waals surface area (Å²) >= 11 is 0. The zero-order valence-corrected chi connectivity index (χ0v) is 17.2. The Hall–Kier alpha value is -5.26. The van der Waals surface area contributed by atoms with E-state index in [4.69, 9.17) is 0 Å². The van der Waals surface area contributed by atoms with Gasteiger partial charge in [-0.2, -0.15) is 0 Å². The number of aromatic nitrogens is 4. The zero-order valence-electron chi connectivity index (χ0n) is 17.2. The number of para-hydroxylation sites is 3. The maximum absolute atomic E-state index is 12.4. The van der Waals surface area contributed by atoms with Crippen molar-refractivity contribution in [2.75, 3.05) is 0 Å². The molecule has 0 saturated carbocycles. The summed E-state index contributed by atoms with van der Waals surface area (Å²) in [5.74, 6) is 0. The van der Waals surface area contributed by atoms with E-state index in [1.807, 2.05) is 6.07 Å². The molecule has 2 heterocycles. The van der Waals surface area contributed by atoms with Crippen molar-refractivity contribution in [3.63, 3.8) is 0 Å². The van der Waals surface area contributed by atoms with E-state index in [0.29, 0.717) is 5.69 Å². The lowest BCUT2D eigenvalue weighted by Crippen LogP contribution is -2.19. The van der Waals surface area contributed by atoms with Gasteiger partial charge in [-0.25, -0.2) is 9.97 Å². The molecule has 0 saturated heterocycles. The Kier molecular flexibility index (Phi) is 5.86. The Morgan fingerprint density at radius 1 is 0.735 bits per heavy atom. The molecule has 0 radical (unpaired) electrons. The molecule has 0 aliphatic rings. The molecule has 0 aliphatic heterocycles. The van der Waals surface area contributed by atoms with Crippen LogP contribution in [0.3, 0.4) is 0 Å². The van der Waals surface area contributed by atoms with Crippen molar-refractivity contribution in [1.82, 2.24) is 19.5 Å². The van der Waals surface area contributed by atoms with Crippen LogP contribution >= 0.6 is 0 Å². The largest absolute Gasteiger partial charge is 0.313 e. The van der Waals surface area contributed by atoms with E-state index >= 15 is 0 Å². The number of fused-ring (bicyclic) bond motifs is 2. The van der Waals surface area contributed by atoms with E-state index in [1.54, 1.807) is 24.3 Å². The Morgan fingerprint density at radius 3 is 1.94 bits per heavy atom. The molecule has 0 spiro atoms. The van der Waals surface area contributed by atoms with Crippen LogP contribution in [-0.4, -0.2) is 29.4 Å². The number of benzene rings is 3. The molecule has 12 nitrogen and oxygen atoms in total. The van der Waals surface area contributed by atoms with Crippen LogP contribution in [0.2, 0.25) is 0 Å². The maximum atomic E-state index is 12.4. The van der Waals surface area contributed by atoms with Crippen LogP contribution in [0, 0.1) is 20.2 Å². The van der Waals surface area contributed by atoms with Gasteiger partial charge in [-0.05, 0) is 24.3 Å². The van der Waals surface area contributed by atoms with E-state index < -0.39 is 9.85 Å². The summed E-state index contributed by atoms with van der Waals surface area (Å²) in [6, 6.07) is 17.6. The van der Waals surface area contributed by atoms with Crippen LogP contribution in [-0.2, 0) is 0 Å². The lowest BCUT2D eigenvalue weighted by atomic mass is 10.2. The molecule has 34 heavy (non-hydrogen) atoms. The number of nitro groups is 2. The Labute approximate surface area is 189 Å². The number of rotatable bonds is 3. The highest BCUT2D eigenvalue weighted by Gasteiger charge is 2.16. The van der Waals surface area contributed by atoms with Crippen molar-refractivity contribution in [3.8, 4) is 5.69 Å². The van der Waals surface area contributed by atoms with Crippen LogP contribution in [0.4, 0.5) is 11.4 Å². The standard InChI is InChI=1S/C14H9N3O3.C8H5N3O3/c18-14-11-7-4-8-12(17(19)20)13(11)15-9-16(14)10-5-2-1-3-6-10;12-8-5-2-1-3-6(11(13)14)7(5)9-4-10-8/h1-9H;1-4H,(H,9,10,12). The first-order valence-corrected chi connectivity index (χ1v) is 9.69. The molecule has 3 aromatic carbocycles. The minimum atomic E-state index is -0.561. The number of hydrogen-bond acceptors (Lipinski definition) is 8. The summed E-state index contributed by atoms with van der Waals surface area (Å²) in [5, 5.41) is 22.0. The number of nitrogens with one attached hydrogen (secondary N) is 1. The van der Waals surface area contributed by atoms with Gasteiger partial charge in [0.25, 0.3) is 22.5 Å². The second-order valence-electron chi connectivity index (χ2n) is 6.85. The highest BCUT2D eigenvalue weighted by molar-refractivity contribution is 5.86. The topological polar surface area (TPSA) is 167 Å². The van der Waals surface area contributed by atoms with Crippen molar-refractivity contribution >= 4 is 33.2 Å². The molecule has 0 fully saturated rings. The van der Waals surface area contributed by atoms with Gasteiger partial charge in [-0.15, -0.1) is 0 Å². The summed E-state index contributed by atoms with van der Waals surface area (Å²) < 4.78 is 1.37. The third-order valence-electron chi connectivity index (χ3n) is 4.84. The van der Waals surface area contributed by atoms with Gasteiger partial charge in [0.1, 0.15) is 6.33 Å². The molecule has 0 atom stereocenters. The lowest BCUT2D eigenvalue weighted by Gasteiger charge is -2.06. The normalized spacial score (nSPS) is 10.5. The predicted octanol–water partition coefficient (Wildman–Crippen LogP) is 3.13. The van der Waals surface area contributed by atoms with Crippen molar-refractivity contribution < 1.29 is 9.85 Å². The molecule has 0 amide bonds. The van der Waals surface area contributed by atoms with Crippen molar-refractivity contribution in [2.45, 2.75) is 0 Å². The van der Waals surface area contributed by atoms with Gasteiger partial charge in [0, 0.05) is 12.1 Å². The van der Waals surface area contributed by atoms with Crippen LogP contribution < -0.4 is 11.1 Å². The zero-order chi connectivity index (χ0) is 24.2. The van der Waals surface area contributed by atoms with E-state index in [0.717, 1.165) is 6.33 Å². The first-order valence-electron chi connectivity index (χ1n) is 9.69. The van der Waals surface area contributed by atoms with Crippen LogP contribution in [0.5, 0.6) is 0 Å². The number of aromatic amines is 1. The molecule has 0 unspecified atom stereocenters. The second kappa shape index (κ2) is 9.08. The van der Waals surface area contributed by atoms with Crippen LogP contribution in [0.1, 0.15) is 0 Å². The summed E-state index contributed by atoms with van der Waals surface area (Å²) in [5.41, 5.74) is -0.147. The van der Waals surface area contributed by atoms with Gasteiger partial charge in [0.15, 0.2) is 11.0 Å². The van der Waals surface area contributed by atoms with Gasteiger partial charge in [-0.1, -0.05) is 30.3 Å². The highest BCUT2D eigenvalue weighted by atomic mass is 16.6. The van der Waals surface area contributed by atoms with Gasteiger partial charge >= 0.3 is 0 Å². The summed E-state index contributed by atoms with van der Waals surface area (Å²) in [4.78, 5) is 54.2. The smallest absolute Gasteiger partial charge is 0.295 e. The average molecular weight is 458 g/mol. The number of nitro benzene ring substituents is 2. The number of nitrogens with zero attached hydrogens (tertiary/aromatic N) is 5. The number of hydrogen-bond donors (Lipinski definition) is 1. The Morgan fingerprint density at radius 2 is 1.32 bits per heavy atom.